The zero-order valence-electron chi connectivity index (χ0n) is 14.7. The molecule has 0 spiro atoms. The zero-order valence-corrected chi connectivity index (χ0v) is 14.7. The number of hydrogen-bond donors (Lipinski definition) is 2. The quantitative estimate of drug-likeness (QED) is 0.596. The van der Waals surface area contributed by atoms with Crippen LogP contribution in [0, 0.1) is 10.7 Å². The van der Waals surface area contributed by atoms with Gasteiger partial charge in [0, 0.05) is 17.3 Å². The van der Waals surface area contributed by atoms with Gasteiger partial charge in [-0.25, -0.2) is 4.39 Å². The monoisotopic (exact) mass is 376 g/mol. The Kier molecular flexibility index (Phi) is 5.90. The molecule has 1 aromatic rings. The Morgan fingerprint density at radius 1 is 1.26 bits per heavy atom. The lowest BCUT2D eigenvalue weighted by Gasteiger charge is -2.31. The summed E-state index contributed by atoms with van der Waals surface area (Å²) in [6, 6.07) is 4.25. The number of halogens is 1. The maximum atomic E-state index is 14.6. The molecule has 144 valence electrons. The Hall–Kier alpha value is -2.68. The third-order valence-corrected chi connectivity index (χ3v) is 5.07. The Morgan fingerprint density at radius 3 is 2.63 bits per heavy atom. The third kappa shape index (κ3) is 4.73. The van der Waals surface area contributed by atoms with Gasteiger partial charge in [-0.15, -0.1) is 4.91 Å². The number of anilines is 1. The number of nitroso groups, excluding NO2 is 1. The van der Waals surface area contributed by atoms with Crippen LogP contribution in [0.15, 0.2) is 23.4 Å². The van der Waals surface area contributed by atoms with E-state index in [9.17, 15) is 23.7 Å². The molecule has 9 heteroatoms. The fraction of sp³-hybridized carbons (Fsp3) is 0.500. The van der Waals surface area contributed by atoms with Crippen LogP contribution in [0.4, 0.5) is 10.1 Å². The van der Waals surface area contributed by atoms with Crippen molar-refractivity contribution in [2.24, 2.45) is 5.18 Å². The number of hydrogen-bond acceptors (Lipinski definition) is 6. The fourth-order valence-corrected chi connectivity index (χ4v) is 3.60. The van der Waals surface area contributed by atoms with Gasteiger partial charge in [-0.1, -0.05) is 6.07 Å². The van der Waals surface area contributed by atoms with E-state index in [0.29, 0.717) is 43.6 Å². The minimum atomic E-state index is -0.691. The number of imide groups is 1. The first-order valence-corrected chi connectivity index (χ1v) is 8.94. The van der Waals surface area contributed by atoms with E-state index in [1.54, 1.807) is 12.1 Å². The molecule has 2 aliphatic rings. The fourth-order valence-electron chi connectivity index (χ4n) is 3.60. The summed E-state index contributed by atoms with van der Waals surface area (Å²) < 4.78 is 14.6. The van der Waals surface area contributed by atoms with E-state index in [1.165, 1.54) is 6.07 Å². The first-order chi connectivity index (χ1) is 13.0. The molecule has 3 rings (SSSR count). The number of amides is 3. The number of carbonyl (C=O) groups excluding carboxylic acids is 3. The first kappa shape index (κ1) is 19.1. The molecular formula is C18H21FN4O4. The van der Waals surface area contributed by atoms with E-state index in [1.807, 2.05) is 4.90 Å². The number of benzene rings is 1. The molecule has 3 amide bonds. The van der Waals surface area contributed by atoms with Crippen molar-refractivity contribution in [2.75, 3.05) is 25.0 Å². The highest BCUT2D eigenvalue weighted by Gasteiger charge is 2.27. The SMILES string of the molecule is O=NC(=O)CN1CCC(c2ccc(NC3CCC(=O)NC3=O)cc2F)CC1. The van der Waals surface area contributed by atoms with Gasteiger partial charge in [0.15, 0.2) is 0 Å². The highest BCUT2D eigenvalue weighted by molar-refractivity contribution is 6.01. The summed E-state index contributed by atoms with van der Waals surface area (Å²) in [6.45, 7) is 1.21. The summed E-state index contributed by atoms with van der Waals surface area (Å²) in [6.07, 6.45) is 2.00. The molecule has 1 unspecified atom stereocenters. The Labute approximate surface area is 155 Å². The molecule has 1 atom stereocenters. The van der Waals surface area contributed by atoms with Gasteiger partial charge in [-0.3, -0.25) is 24.6 Å². The minimum Gasteiger partial charge on any atom is -0.374 e. The molecule has 27 heavy (non-hydrogen) atoms. The van der Waals surface area contributed by atoms with Crippen LogP contribution in [-0.4, -0.2) is 48.3 Å². The molecule has 0 radical (unpaired) electrons. The van der Waals surface area contributed by atoms with Gasteiger partial charge in [0.1, 0.15) is 11.9 Å². The number of carbonyl (C=O) groups is 3. The predicted octanol–water partition coefficient (Wildman–Crippen LogP) is 1.52. The van der Waals surface area contributed by atoms with E-state index in [4.69, 9.17) is 0 Å². The smallest absolute Gasteiger partial charge is 0.300 e. The second kappa shape index (κ2) is 8.34. The van der Waals surface area contributed by atoms with Crippen LogP contribution in [-0.2, 0) is 14.4 Å². The van der Waals surface area contributed by atoms with Crippen molar-refractivity contribution >= 4 is 23.4 Å². The van der Waals surface area contributed by atoms with Gasteiger partial charge in [0.25, 0.3) is 5.91 Å². The lowest BCUT2D eigenvalue weighted by atomic mass is 9.89. The first-order valence-electron chi connectivity index (χ1n) is 8.94. The average Bonchev–Trinajstić information content (AvgIpc) is 2.65. The summed E-state index contributed by atoms with van der Waals surface area (Å²) in [5, 5.41) is 7.62. The van der Waals surface area contributed by atoms with E-state index < -0.39 is 17.9 Å². The van der Waals surface area contributed by atoms with Gasteiger partial charge in [-0.05, 0) is 56.0 Å². The Balaban J connectivity index is 1.59. The minimum absolute atomic E-state index is 0.00746. The molecule has 0 saturated carbocycles. The normalized spacial score (nSPS) is 21.6. The lowest BCUT2D eigenvalue weighted by Crippen LogP contribution is -2.47. The molecule has 0 bridgehead atoms. The van der Waals surface area contributed by atoms with Crippen LogP contribution in [0.25, 0.3) is 0 Å². The molecular weight excluding hydrogens is 355 g/mol. The van der Waals surface area contributed by atoms with Crippen molar-refractivity contribution in [2.45, 2.75) is 37.6 Å². The zero-order chi connectivity index (χ0) is 19.4. The maximum absolute atomic E-state index is 14.6. The van der Waals surface area contributed by atoms with Crippen molar-refractivity contribution in [3.63, 3.8) is 0 Å². The van der Waals surface area contributed by atoms with Gasteiger partial charge < -0.3 is 5.32 Å². The van der Waals surface area contributed by atoms with Crippen molar-refractivity contribution < 1.29 is 18.8 Å². The van der Waals surface area contributed by atoms with Crippen LogP contribution in [0.3, 0.4) is 0 Å². The van der Waals surface area contributed by atoms with Crippen LogP contribution in [0.2, 0.25) is 0 Å². The number of likely N-dealkylation sites (tertiary alicyclic amines) is 1. The molecule has 0 aliphatic carbocycles. The molecule has 0 aromatic heterocycles. The standard InChI is InChI=1S/C18H21FN4O4/c19-14-9-12(20-15-3-4-16(24)21-18(15)26)1-2-13(14)11-5-7-23(8-6-11)10-17(25)22-27/h1-2,9,11,15,20H,3-8,10H2,(H,21,24,26). The number of rotatable bonds is 5. The molecule has 1 aromatic carbocycles. The maximum Gasteiger partial charge on any atom is 0.300 e. The van der Waals surface area contributed by atoms with E-state index in [0.717, 1.165) is 0 Å². The van der Waals surface area contributed by atoms with Crippen molar-refractivity contribution in [3.8, 4) is 0 Å². The van der Waals surface area contributed by atoms with E-state index in [-0.39, 0.29) is 30.6 Å². The van der Waals surface area contributed by atoms with Crippen LogP contribution in [0.5, 0.6) is 0 Å². The Morgan fingerprint density at radius 2 is 2.00 bits per heavy atom. The number of piperidine rings is 2. The second-order valence-corrected chi connectivity index (χ2v) is 6.92. The van der Waals surface area contributed by atoms with Crippen LogP contribution in [0.1, 0.15) is 37.2 Å². The number of nitrogens with zero attached hydrogens (tertiary/aromatic N) is 2. The highest BCUT2D eigenvalue weighted by atomic mass is 19.1. The molecule has 2 fully saturated rings. The van der Waals surface area contributed by atoms with Gasteiger partial charge in [0.2, 0.25) is 11.8 Å². The Bertz CT molecular complexity index is 762. The molecule has 2 saturated heterocycles. The summed E-state index contributed by atoms with van der Waals surface area (Å²) in [7, 11) is 0. The van der Waals surface area contributed by atoms with Gasteiger partial charge in [-0.2, -0.15) is 0 Å². The predicted molar refractivity (Wildman–Crippen MR) is 95.4 cm³/mol. The topological polar surface area (TPSA) is 108 Å². The average molecular weight is 376 g/mol. The van der Waals surface area contributed by atoms with Crippen LogP contribution < -0.4 is 10.6 Å². The number of nitrogens with one attached hydrogen (secondary N) is 2. The van der Waals surface area contributed by atoms with E-state index >= 15 is 0 Å². The van der Waals surface area contributed by atoms with Crippen molar-refractivity contribution in [1.29, 1.82) is 0 Å². The van der Waals surface area contributed by atoms with Crippen molar-refractivity contribution in [3.05, 3.63) is 34.5 Å². The molecule has 2 heterocycles. The highest BCUT2D eigenvalue weighted by Crippen LogP contribution is 2.31. The van der Waals surface area contributed by atoms with Crippen molar-refractivity contribution in [1.82, 2.24) is 10.2 Å². The summed E-state index contributed by atoms with van der Waals surface area (Å²) in [5.74, 6) is -1.70. The largest absolute Gasteiger partial charge is 0.374 e. The summed E-state index contributed by atoms with van der Waals surface area (Å²) >= 11 is 0. The molecule has 2 N–H and O–H groups in total. The molecule has 2 aliphatic heterocycles. The van der Waals surface area contributed by atoms with Crippen LogP contribution >= 0.6 is 0 Å². The third-order valence-electron chi connectivity index (χ3n) is 5.07. The summed E-state index contributed by atoms with van der Waals surface area (Å²) in [4.78, 5) is 46.1. The lowest BCUT2D eigenvalue weighted by molar-refractivity contribution is -0.133. The summed E-state index contributed by atoms with van der Waals surface area (Å²) in [5.41, 5.74) is 1.09. The van der Waals surface area contributed by atoms with E-state index in [2.05, 4.69) is 15.8 Å². The van der Waals surface area contributed by atoms with Gasteiger partial charge >= 0.3 is 0 Å². The van der Waals surface area contributed by atoms with Gasteiger partial charge in [0.05, 0.1) is 6.54 Å². The second-order valence-electron chi connectivity index (χ2n) is 6.92. The molecule has 8 nitrogen and oxygen atoms in total.